The fraction of sp³-hybridized carbons (Fsp3) is 0.864. The number of aliphatic hydroxyl groups is 8. The predicted octanol–water partition coefficient (Wildman–Crippen LogP) is 18.0. The van der Waals surface area contributed by atoms with Crippen molar-refractivity contribution in [2.24, 2.45) is 0 Å². The zero-order valence-electron chi connectivity index (χ0n) is 60.9. The van der Waals surface area contributed by atoms with E-state index in [1.807, 2.05) is 6.08 Å². The van der Waals surface area contributed by atoms with E-state index in [9.17, 15) is 45.6 Å². The Bertz CT molecular complexity index is 1830. The summed E-state index contributed by atoms with van der Waals surface area (Å²) in [6.45, 7) is 2.74. The highest BCUT2D eigenvalue weighted by atomic mass is 16.7. The second kappa shape index (κ2) is 65.0. The van der Waals surface area contributed by atoms with Gasteiger partial charge in [0.05, 0.1) is 32.0 Å². The van der Waals surface area contributed by atoms with E-state index in [0.717, 1.165) is 64.2 Å². The Morgan fingerprint density at radius 2 is 0.726 bits per heavy atom. The van der Waals surface area contributed by atoms with Crippen LogP contribution in [0, 0.1) is 0 Å². The predicted molar refractivity (Wildman–Crippen MR) is 392 cm³/mol. The van der Waals surface area contributed by atoms with Crippen molar-refractivity contribution in [2.45, 2.75) is 428 Å². The molecule has 9 N–H and O–H groups in total. The van der Waals surface area contributed by atoms with Crippen LogP contribution in [0.25, 0.3) is 0 Å². The fourth-order valence-electron chi connectivity index (χ4n) is 13.2. The van der Waals surface area contributed by atoms with Crippen molar-refractivity contribution in [3.05, 3.63) is 60.8 Å². The summed E-state index contributed by atoms with van der Waals surface area (Å²) < 4.78 is 22.9. The number of allylic oxidation sites excluding steroid dienone is 9. The number of unbranched alkanes of at least 4 members (excludes halogenated alkanes) is 46. The Hall–Kier alpha value is -2.31. The third-order valence-electron chi connectivity index (χ3n) is 19.5. The van der Waals surface area contributed by atoms with Crippen LogP contribution in [0.2, 0.25) is 0 Å². The molecule has 0 saturated carbocycles. The Morgan fingerprint density at radius 1 is 0.389 bits per heavy atom. The van der Waals surface area contributed by atoms with Gasteiger partial charge in [-0.05, 0) is 57.8 Å². The normalized spacial score (nSPS) is 22.6. The van der Waals surface area contributed by atoms with Crippen LogP contribution in [-0.2, 0) is 23.7 Å². The molecule has 12 unspecified atom stereocenters. The van der Waals surface area contributed by atoms with Gasteiger partial charge in [-0.2, -0.15) is 0 Å². The highest BCUT2D eigenvalue weighted by molar-refractivity contribution is 5.76. The number of rotatable bonds is 67. The first-order valence-corrected chi connectivity index (χ1v) is 40.0. The van der Waals surface area contributed by atoms with Gasteiger partial charge in [0, 0.05) is 6.42 Å². The van der Waals surface area contributed by atoms with E-state index in [0.29, 0.717) is 6.42 Å². The molecule has 0 bridgehead atoms. The third-order valence-corrected chi connectivity index (χ3v) is 19.5. The minimum absolute atomic E-state index is 0.234. The average Bonchev–Trinajstić information content (AvgIpc) is 0.801. The van der Waals surface area contributed by atoms with Gasteiger partial charge in [0.1, 0.15) is 48.8 Å². The summed E-state index contributed by atoms with van der Waals surface area (Å²) in [5, 5.41) is 87.7. The second-order valence-electron chi connectivity index (χ2n) is 28.2. The smallest absolute Gasteiger partial charge is 0.220 e. The van der Waals surface area contributed by atoms with Gasteiger partial charge in [-0.3, -0.25) is 4.79 Å². The summed E-state index contributed by atoms with van der Waals surface area (Å²) in [5.41, 5.74) is 0. The number of amides is 1. The molecule has 2 aliphatic heterocycles. The first kappa shape index (κ1) is 88.8. The van der Waals surface area contributed by atoms with Gasteiger partial charge in [-0.15, -0.1) is 0 Å². The Labute approximate surface area is 581 Å². The molecule has 0 aliphatic carbocycles. The van der Waals surface area contributed by atoms with Gasteiger partial charge in [0.25, 0.3) is 0 Å². The third kappa shape index (κ3) is 48.2. The molecule has 0 aromatic carbocycles. The number of carbonyl (C=O) groups is 1. The lowest BCUT2D eigenvalue weighted by Crippen LogP contribution is -2.65. The number of nitrogens with one attached hydrogen (secondary N) is 1. The van der Waals surface area contributed by atoms with Crippen molar-refractivity contribution in [1.29, 1.82) is 0 Å². The van der Waals surface area contributed by atoms with E-state index < -0.39 is 86.8 Å². The lowest BCUT2D eigenvalue weighted by atomic mass is 9.97. The molecule has 1 amide bonds. The molecule has 2 fully saturated rings. The topological polar surface area (TPSA) is 228 Å². The standard InChI is InChI=1S/C81H149NO13/c1-3-5-7-9-11-13-15-17-19-21-23-25-27-29-31-33-35-37-39-41-43-45-47-49-51-53-55-57-59-61-63-65-73(86)82-69(68-92-80-78(91)76(89)79(72(67-84)94-80)95-81-77(90)75(88)74(87)71(66-83)93-81)70(85)64-62-60-58-56-54-52-50-48-46-44-42-40-38-36-34-32-30-28-26-24-22-20-18-16-14-12-10-8-6-4-2/h5,7,11,13,17,19,23,25,62,64,69-72,74-81,83-85,87-91H,3-4,6,8-10,12,14-16,18,20-22,24,26-61,63,65-68H2,1-2H3,(H,82,86)/b7-5-,13-11-,19-17-,25-23-,64-62+. The molecule has 0 aromatic rings. The first-order valence-electron chi connectivity index (χ1n) is 40.0. The van der Waals surface area contributed by atoms with Gasteiger partial charge in [-0.1, -0.05) is 351 Å². The number of aliphatic hydroxyl groups excluding tert-OH is 8. The van der Waals surface area contributed by atoms with Crippen LogP contribution in [0.4, 0.5) is 0 Å². The lowest BCUT2D eigenvalue weighted by Gasteiger charge is -2.46. The van der Waals surface area contributed by atoms with Crippen LogP contribution < -0.4 is 5.32 Å². The van der Waals surface area contributed by atoms with E-state index in [4.69, 9.17) is 18.9 Å². The maximum Gasteiger partial charge on any atom is 0.220 e. The van der Waals surface area contributed by atoms with Crippen LogP contribution in [0.15, 0.2) is 60.8 Å². The zero-order valence-corrected chi connectivity index (χ0v) is 60.9. The maximum atomic E-state index is 13.4. The Kier molecular flexibility index (Phi) is 60.8. The largest absolute Gasteiger partial charge is 0.394 e. The SMILES string of the molecule is CC/C=C\C/C=C\C/C=C\C/C=C\CCCCCCCCCCCCCCCCCCCCC(=O)NC(COC1OC(CO)C(OC2OC(CO)C(O)C(O)C2O)C(O)C1O)C(O)/C=C/CCCCCCCCCCCCCCCCCCCCCCCCCCCCCC. The van der Waals surface area contributed by atoms with Crippen LogP contribution in [0.5, 0.6) is 0 Å². The minimum Gasteiger partial charge on any atom is -0.394 e. The molecular formula is C81H149NO13. The summed E-state index contributed by atoms with van der Waals surface area (Å²) in [7, 11) is 0. The van der Waals surface area contributed by atoms with E-state index in [1.54, 1.807) is 6.08 Å². The van der Waals surface area contributed by atoms with Crippen molar-refractivity contribution >= 4 is 5.91 Å². The van der Waals surface area contributed by atoms with Gasteiger partial charge in [-0.25, -0.2) is 0 Å². The fourth-order valence-corrected chi connectivity index (χ4v) is 13.2. The van der Waals surface area contributed by atoms with Crippen molar-refractivity contribution in [2.75, 3.05) is 19.8 Å². The van der Waals surface area contributed by atoms with E-state index in [1.165, 1.54) is 263 Å². The van der Waals surface area contributed by atoms with Gasteiger partial charge >= 0.3 is 0 Å². The number of ether oxygens (including phenoxy) is 4. The summed E-state index contributed by atoms with van der Waals surface area (Å²) in [4.78, 5) is 13.4. The highest BCUT2D eigenvalue weighted by Crippen LogP contribution is 2.30. The Morgan fingerprint density at radius 3 is 1.12 bits per heavy atom. The quantitative estimate of drug-likeness (QED) is 0.0204. The molecule has 14 heteroatoms. The molecule has 2 saturated heterocycles. The van der Waals surface area contributed by atoms with Crippen LogP contribution in [0.3, 0.4) is 0 Å². The molecule has 2 rings (SSSR count). The highest BCUT2D eigenvalue weighted by Gasteiger charge is 2.51. The van der Waals surface area contributed by atoms with Gasteiger partial charge < -0.3 is 65.1 Å². The van der Waals surface area contributed by atoms with E-state index >= 15 is 0 Å². The molecule has 556 valence electrons. The van der Waals surface area contributed by atoms with Crippen LogP contribution in [-0.4, -0.2) is 140 Å². The molecule has 0 spiro atoms. The summed E-state index contributed by atoms with van der Waals surface area (Å²) in [6, 6.07) is -0.918. The van der Waals surface area contributed by atoms with Crippen molar-refractivity contribution in [3.63, 3.8) is 0 Å². The van der Waals surface area contributed by atoms with E-state index in [-0.39, 0.29) is 18.9 Å². The van der Waals surface area contributed by atoms with Crippen molar-refractivity contribution in [3.8, 4) is 0 Å². The molecule has 2 heterocycles. The van der Waals surface area contributed by atoms with Crippen LogP contribution >= 0.6 is 0 Å². The summed E-state index contributed by atoms with van der Waals surface area (Å²) in [6.07, 6.45) is 71.6. The number of hydrogen-bond donors (Lipinski definition) is 9. The molecule has 2 aliphatic rings. The van der Waals surface area contributed by atoms with Crippen LogP contribution in [0.1, 0.15) is 354 Å². The van der Waals surface area contributed by atoms with Crippen molar-refractivity contribution < 1.29 is 64.6 Å². The Balaban J connectivity index is 1.62. The zero-order chi connectivity index (χ0) is 68.7. The average molecular weight is 1350 g/mol. The van der Waals surface area contributed by atoms with Crippen molar-refractivity contribution in [1.82, 2.24) is 5.32 Å². The summed E-state index contributed by atoms with van der Waals surface area (Å²) >= 11 is 0. The number of carbonyl (C=O) groups excluding carboxylic acids is 1. The molecule has 12 atom stereocenters. The molecule has 14 nitrogen and oxygen atoms in total. The summed E-state index contributed by atoms with van der Waals surface area (Å²) in [5.74, 6) is -0.234. The van der Waals surface area contributed by atoms with E-state index in [2.05, 4.69) is 67.8 Å². The first-order chi connectivity index (χ1) is 46.6. The lowest BCUT2D eigenvalue weighted by molar-refractivity contribution is -0.359. The van der Waals surface area contributed by atoms with Gasteiger partial charge in [0.15, 0.2) is 12.6 Å². The second-order valence-corrected chi connectivity index (χ2v) is 28.2. The minimum atomic E-state index is -1.79. The molecule has 0 radical (unpaired) electrons. The monoisotopic (exact) mass is 1340 g/mol. The molecular weight excluding hydrogens is 1190 g/mol. The molecule has 0 aromatic heterocycles. The van der Waals surface area contributed by atoms with Gasteiger partial charge in [0.2, 0.25) is 5.91 Å². The maximum absolute atomic E-state index is 13.4. The molecule has 95 heavy (non-hydrogen) atoms. The number of hydrogen-bond acceptors (Lipinski definition) is 13.